The Morgan fingerprint density at radius 3 is 1.81 bits per heavy atom. The van der Waals surface area contributed by atoms with Crippen molar-refractivity contribution in [1.82, 2.24) is 0 Å². The molecule has 0 aliphatic rings. The first-order chi connectivity index (χ1) is 12.9. The van der Waals surface area contributed by atoms with Crippen molar-refractivity contribution in [2.75, 3.05) is 6.61 Å². The minimum atomic E-state index is -3.11. The zero-order valence-corrected chi connectivity index (χ0v) is 16.7. The third-order valence-corrected chi connectivity index (χ3v) is 7.57. The minimum absolute atomic E-state index is 0.302. The summed E-state index contributed by atoms with van der Waals surface area (Å²) < 4.78 is 19.5. The van der Waals surface area contributed by atoms with Gasteiger partial charge in [-0.1, -0.05) is 71.8 Å². The second kappa shape index (κ2) is 7.94. The molecule has 0 heterocycles. The van der Waals surface area contributed by atoms with Gasteiger partial charge in [-0.3, -0.25) is 0 Å². The fourth-order valence-electron chi connectivity index (χ4n) is 3.00. The summed E-state index contributed by atoms with van der Waals surface area (Å²) in [7, 11) is -3.11. The first kappa shape index (κ1) is 19.1. The molecule has 0 radical (unpaired) electrons. The molecule has 138 valence electrons. The zero-order chi connectivity index (χ0) is 19.4. The van der Waals surface area contributed by atoms with E-state index in [9.17, 15) is 9.36 Å². The average molecular weight is 378 g/mol. The predicted octanol–water partition coefficient (Wildman–Crippen LogP) is 4.12. The number of hydrogen-bond acceptors (Lipinski definition) is 3. The van der Waals surface area contributed by atoms with Crippen molar-refractivity contribution in [3.63, 3.8) is 0 Å². The zero-order valence-electron chi connectivity index (χ0n) is 15.8. The molecule has 0 saturated carbocycles. The smallest absolute Gasteiger partial charge is 0.338 e. The predicted molar refractivity (Wildman–Crippen MR) is 111 cm³/mol. The van der Waals surface area contributed by atoms with Crippen molar-refractivity contribution in [2.24, 2.45) is 0 Å². The molecule has 0 saturated heterocycles. The number of aryl methyl sites for hydroxylation is 2. The van der Waals surface area contributed by atoms with Crippen LogP contribution in [-0.4, -0.2) is 12.6 Å². The second-order valence-corrected chi connectivity index (χ2v) is 9.32. The largest absolute Gasteiger partial charge is 0.462 e. The normalized spacial score (nSPS) is 11.2. The van der Waals surface area contributed by atoms with Gasteiger partial charge in [-0.05, 0) is 32.9 Å². The summed E-state index contributed by atoms with van der Waals surface area (Å²) >= 11 is 0. The van der Waals surface area contributed by atoms with Gasteiger partial charge in [0.2, 0.25) is 0 Å². The Hall–Kier alpha value is -2.64. The molecule has 0 aliphatic heterocycles. The highest BCUT2D eigenvalue weighted by atomic mass is 31.2. The fraction of sp³-hybridized carbons (Fsp3) is 0.174. The van der Waals surface area contributed by atoms with Gasteiger partial charge in [0.25, 0.3) is 0 Å². The Balaban J connectivity index is 2.20. The quantitative estimate of drug-likeness (QED) is 0.496. The standard InChI is InChI=1S/C23H23O3P/c1-4-26-23(24)19-6-5-7-22(16-19)27(25,20-12-8-17(2)9-13-20)21-14-10-18(3)11-15-21/h5-16H,4H2,1-3H3. The highest BCUT2D eigenvalue weighted by Gasteiger charge is 2.30. The lowest BCUT2D eigenvalue weighted by Gasteiger charge is -2.21. The van der Waals surface area contributed by atoms with Gasteiger partial charge in [-0.2, -0.15) is 0 Å². The molecule has 0 N–H and O–H groups in total. The highest BCUT2D eigenvalue weighted by molar-refractivity contribution is 7.85. The topological polar surface area (TPSA) is 43.4 Å². The molecule has 0 aliphatic carbocycles. The molecule has 0 atom stereocenters. The summed E-state index contributed by atoms with van der Waals surface area (Å²) in [6.45, 7) is 6.08. The van der Waals surface area contributed by atoms with Crippen LogP contribution < -0.4 is 15.9 Å². The Morgan fingerprint density at radius 1 is 0.815 bits per heavy atom. The Bertz CT molecular complexity index is 939. The maximum Gasteiger partial charge on any atom is 0.338 e. The van der Waals surface area contributed by atoms with Crippen LogP contribution in [0.15, 0.2) is 72.8 Å². The van der Waals surface area contributed by atoms with Crippen molar-refractivity contribution in [3.05, 3.63) is 89.5 Å². The van der Waals surface area contributed by atoms with Crippen LogP contribution in [0.2, 0.25) is 0 Å². The SMILES string of the molecule is CCOC(=O)c1cccc(P(=O)(c2ccc(C)cc2)c2ccc(C)cc2)c1. The van der Waals surface area contributed by atoms with E-state index in [1.54, 1.807) is 25.1 Å². The first-order valence-electron chi connectivity index (χ1n) is 8.97. The van der Waals surface area contributed by atoms with Crippen LogP contribution >= 0.6 is 7.14 Å². The lowest BCUT2D eigenvalue weighted by molar-refractivity contribution is 0.0526. The van der Waals surface area contributed by atoms with E-state index in [2.05, 4.69) is 0 Å². The molecule has 0 unspecified atom stereocenters. The molecular weight excluding hydrogens is 355 g/mol. The molecule has 0 aromatic heterocycles. The molecule has 3 aromatic carbocycles. The van der Waals surface area contributed by atoms with Crippen LogP contribution in [0, 0.1) is 13.8 Å². The van der Waals surface area contributed by atoms with Crippen LogP contribution in [0.4, 0.5) is 0 Å². The fourth-order valence-corrected chi connectivity index (χ4v) is 5.65. The van der Waals surface area contributed by atoms with Gasteiger partial charge in [-0.25, -0.2) is 4.79 Å². The van der Waals surface area contributed by atoms with E-state index in [4.69, 9.17) is 4.74 Å². The maximum atomic E-state index is 14.4. The average Bonchev–Trinajstić information content (AvgIpc) is 2.69. The van der Waals surface area contributed by atoms with Gasteiger partial charge in [0.1, 0.15) is 0 Å². The summed E-state index contributed by atoms with van der Waals surface area (Å²) in [5, 5.41) is 2.12. The number of esters is 1. The Labute approximate surface area is 160 Å². The molecule has 27 heavy (non-hydrogen) atoms. The molecule has 0 fully saturated rings. The number of hydrogen-bond donors (Lipinski definition) is 0. The van der Waals surface area contributed by atoms with E-state index in [-0.39, 0.29) is 0 Å². The van der Waals surface area contributed by atoms with Crippen molar-refractivity contribution in [1.29, 1.82) is 0 Å². The third kappa shape index (κ3) is 3.89. The molecule has 3 aromatic rings. The molecule has 3 rings (SSSR count). The highest BCUT2D eigenvalue weighted by Crippen LogP contribution is 2.42. The van der Waals surface area contributed by atoms with E-state index in [1.165, 1.54) is 0 Å². The monoisotopic (exact) mass is 378 g/mol. The number of rotatable bonds is 5. The summed E-state index contributed by atoms with van der Waals surface area (Å²) in [6, 6.07) is 22.5. The van der Waals surface area contributed by atoms with E-state index in [1.807, 2.05) is 68.4 Å². The summed E-state index contributed by atoms with van der Waals surface area (Å²) in [6.07, 6.45) is 0. The Morgan fingerprint density at radius 2 is 1.33 bits per heavy atom. The lowest BCUT2D eigenvalue weighted by atomic mass is 10.2. The first-order valence-corrected chi connectivity index (χ1v) is 10.7. The number of carbonyl (C=O) groups excluding carboxylic acids is 1. The van der Waals surface area contributed by atoms with Gasteiger partial charge in [0.05, 0.1) is 12.2 Å². The van der Waals surface area contributed by atoms with Crippen molar-refractivity contribution >= 4 is 29.0 Å². The van der Waals surface area contributed by atoms with E-state index in [0.717, 1.165) is 21.7 Å². The van der Waals surface area contributed by atoms with Gasteiger partial charge >= 0.3 is 5.97 Å². The van der Waals surface area contributed by atoms with Crippen LogP contribution in [0.5, 0.6) is 0 Å². The molecule has 0 spiro atoms. The summed E-state index contributed by atoms with van der Waals surface area (Å²) in [5.41, 5.74) is 2.62. The Kier molecular flexibility index (Phi) is 5.62. The lowest BCUT2D eigenvalue weighted by Crippen LogP contribution is -2.26. The molecule has 4 heteroatoms. The van der Waals surface area contributed by atoms with Crippen molar-refractivity contribution < 1.29 is 14.1 Å². The van der Waals surface area contributed by atoms with Crippen LogP contribution in [0.25, 0.3) is 0 Å². The van der Waals surface area contributed by atoms with E-state index in [0.29, 0.717) is 17.5 Å². The maximum absolute atomic E-state index is 14.4. The van der Waals surface area contributed by atoms with Crippen LogP contribution in [0.1, 0.15) is 28.4 Å². The number of benzene rings is 3. The van der Waals surface area contributed by atoms with Gasteiger partial charge in [0.15, 0.2) is 7.14 Å². The summed E-state index contributed by atoms with van der Waals surface area (Å²) in [5.74, 6) is -0.404. The molecular formula is C23H23O3P. The second-order valence-electron chi connectivity index (χ2n) is 6.55. The molecule has 0 amide bonds. The van der Waals surface area contributed by atoms with E-state index >= 15 is 0 Å². The van der Waals surface area contributed by atoms with Crippen LogP contribution in [-0.2, 0) is 9.30 Å². The van der Waals surface area contributed by atoms with Gasteiger partial charge < -0.3 is 9.30 Å². The number of carbonyl (C=O) groups is 1. The van der Waals surface area contributed by atoms with Gasteiger partial charge in [-0.15, -0.1) is 0 Å². The molecule has 0 bridgehead atoms. The molecule has 3 nitrogen and oxygen atoms in total. The summed E-state index contributed by atoms with van der Waals surface area (Å²) in [4.78, 5) is 12.2. The number of ether oxygens (including phenoxy) is 1. The van der Waals surface area contributed by atoms with Crippen molar-refractivity contribution in [2.45, 2.75) is 20.8 Å². The van der Waals surface area contributed by atoms with E-state index < -0.39 is 13.1 Å². The van der Waals surface area contributed by atoms with Crippen LogP contribution in [0.3, 0.4) is 0 Å². The minimum Gasteiger partial charge on any atom is -0.462 e. The van der Waals surface area contributed by atoms with Crippen molar-refractivity contribution in [3.8, 4) is 0 Å². The third-order valence-electron chi connectivity index (χ3n) is 4.52. The van der Waals surface area contributed by atoms with Gasteiger partial charge in [0, 0.05) is 15.9 Å².